The highest BCUT2D eigenvalue weighted by atomic mass is 32.1. The maximum absolute atomic E-state index is 11.7. The van der Waals surface area contributed by atoms with Crippen LogP contribution in [0.3, 0.4) is 0 Å². The van der Waals surface area contributed by atoms with Gasteiger partial charge in [0.2, 0.25) is 0 Å². The van der Waals surface area contributed by atoms with E-state index >= 15 is 0 Å². The minimum atomic E-state index is -1.01. The van der Waals surface area contributed by atoms with E-state index in [0.717, 1.165) is 0 Å². The van der Waals surface area contributed by atoms with Gasteiger partial charge in [-0.1, -0.05) is 13.3 Å². The van der Waals surface area contributed by atoms with Gasteiger partial charge in [-0.3, -0.25) is 4.79 Å². The smallest absolute Gasteiger partial charge is 0.326 e. The third-order valence-electron chi connectivity index (χ3n) is 2.22. The Morgan fingerprint density at radius 2 is 2.29 bits per heavy atom. The first-order valence-electron chi connectivity index (χ1n) is 5.24. The molecular formula is C11H15NO4S. The number of methoxy groups -OCH3 is 1. The molecule has 0 aliphatic carbocycles. The Kier molecular flexibility index (Phi) is 4.96. The molecule has 1 heterocycles. The second-order valence-corrected chi connectivity index (χ2v) is 4.41. The normalized spacial score (nSPS) is 11.9. The molecule has 1 amide bonds. The molecule has 0 radical (unpaired) electrons. The second kappa shape index (κ2) is 6.24. The largest absolute Gasteiger partial charge is 0.496 e. The minimum Gasteiger partial charge on any atom is -0.496 e. The standard InChI is InChI=1S/C11H15NO4S/c1-3-4-8(11(14)15)12-10(13)9-5-7(16-2)6-17-9/h5-6,8H,3-4H2,1-2H3,(H,12,13)(H,14,15)/t8-/m0/s1. The van der Waals surface area contributed by atoms with E-state index in [1.54, 1.807) is 11.4 Å². The fraction of sp³-hybridized carbons (Fsp3) is 0.455. The van der Waals surface area contributed by atoms with E-state index in [1.807, 2.05) is 6.92 Å². The number of carboxylic acid groups (broad SMARTS) is 1. The SMILES string of the molecule is CCC[C@H](NC(=O)c1cc(OC)cs1)C(=O)O. The van der Waals surface area contributed by atoms with Crippen molar-refractivity contribution in [3.8, 4) is 5.75 Å². The van der Waals surface area contributed by atoms with E-state index in [1.165, 1.54) is 18.4 Å². The van der Waals surface area contributed by atoms with Crippen molar-refractivity contribution in [3.05, 3.63) is 16.3 Å². The number of carbonyl (C=O) groups excluding carboxylic acids is 1. The van der Waals surface area contributed by atoms with Crippen LogP contribution < -0.4 is 10.1 Å². The van der Waals surface area contributed by atoms with Gasteiger partial charge < -0.3 is 15.2 Å². The number of hydrogen-bond acceptors (Lipinski definition) is 4. The summed E-state index contributed by atoms with van der Waals surface area (Å²) < 4.78 is 4.96. The third-order valence-corrected chi connectivity index (χ3v) is 3.12. The van der Waals surface area contributed by atoms with Crippen LogP contribution in [0.5, 0.6) is 5.75 Å². The summed E-state index contributed by atoms with van der Waals surface area (Å²) in [7, 11) is 1.51. The Morgan fingerprint density at radius 3 is 2.76 bits per heavy atom. The molecule has 1 rings (SSSR count). The predicted octanol–water partition coefficient (Wildman–Crippen LogP) is 1.74. The zero-order chi connectivity index (χ0) is 12.8. The van der Waals surface area contributed by atoms with Crippen molar-refractivity contribution >= 4 is 23.2 Å². The zero-order valence-electron chi connectivity index (χ0n) is 9.73. The Balaban J connectivity index is 2.66. The topological polar surface area (TPSA) is 75.6 Å². The number of carbonyl (C=O) groups is 2. The van der Waals surface area contributed by atoms with Gasteiger partial charge in [-0.25, -0.2) is 4.79 Å². The molecular weight excluding hydrogens is 242 g/mol. The average Bonchev–Trinajstić information content (AvgIpc) is 2.76. The van der Waals surface area contributed by atoms with Crippen LogP contribution in [0, 0.1) is 0 Å². The van der Waals surface area contributed by atoms with Crippen LogP contribution in [-0.2, 0) is 4.79 Å². The summed E-state index contributed by atoms with van der Waals surface area (Å²) in [6.45, 7) is 1.87. The van der Waals surface area contributed by atoms with Gasteiger partial charge in [-0.05, 0) is 6.42 Å². The molecule has 1 atom stereocenters. The van der Waals surface area contributed by atoms with Crippen LogP contribution in [-0.4, -0.2) is 30.1 Å². The highest BCUT2D eigenvalue weighted by Gasteiger charge is 2.20. The Bertz CT molecular complexity index is 402. The molecule has 0 aromatic carbocycles. The quantitative estimate of drug-likeness (QED) is 0.814. The van der Waals surface area contributed by atoms with Gasteiger partial charge >= 0.3 is 5.97 Å². The molecule has 5 nitrogen and oxygen atoms in total. The van der Waals surface area contributed by atoms with Crippen LogP contribution in [0.1, 0.15) is 29.4 Å². The lowest BCUT2D eigenvalue weighted by Gasteiger charge is -2.12. The summed E-state index contributed by atoms with van der Waals surface area (Å²) >= 11 is 1.22. The fourth-order valence-electron chi connectivity index (χ4n) is 1.32. The van der Waals surface area contributed by atoms with Gasteiger partial charge in [0.25, 0.3) is 5.91 Å². The molecule has 0 spiro atoms. The van der Waals surface area contributed by atoms with E-state index < -0.39 is 12.0 Å². The minimum absolute atomic E-state index is 0.376. The molecule has 17 heavy (non-hydrogen) atoms. The van der Waals surface area contributed by atoms with Crippen LogP contribution in [0.25, 0.3) is 0 Å². The number of rotatable bonds is 6. The molecule has 0 aliphatic rings. The van der Waals surface area contributed by atoms with E-state index in [9.17, 15) is 9.59 Å². The summed E-state index contributed by atoms with van der Waals surface area (Å²) in [5, 5.41) is 13.1. The summed E-state index contributed by atoms with van der Waals surface area (Å²) in [4.78, 5) is 23.1. The van der Waals surface area contributed by atoms with Crippen LogP contribution >= 0.6 is 11.3 Å². The molecule has 0 unspecified atom stereocenters. The number of amides is 1. The number of nitrogens with one attached hydrogen (secondary N) is 1. The monoisotopic (exact) mass is 257 g/mol. The number of ether oxygens (including phenoxy) is 1. The molecule has 0 fully saturated rings. The number of thiophene rings is 1. The molecule has 0 aliphatic heterocycles. The molecule has 6 heteroatoms. The van der Waals surface area contributed by atoms with Gasteiger partial charge in [0.1, 0.15) is 11.8 Å². The van der Waals surface area contributed by atoms with E-state index in [2.05, 4.69) is 5.32 Å². The summed E-state index contributed by atoms with van der Waals surface area (Å²) in [5.41, 5.74) is 0. The lowest BCUT2D eigenvalue weighted by atomic mass is 10.1. The van der Waals surface area contributed by atoms with Crippen molar-refractivity contribution in [2.45, 2.75) is 25.8 Å². The third kappa shape index (κ3) is 3.74. The lowest BCUT2D eigenvalue weighted by Crippen LogP contribution is -2.40. The van der Waals surface area contributed by atoms with Crippen molar-refractivity contribution < 1.29 is 19.4 Å². The molecule has 1 aromatic heterocycles. The number of aliphatic carboxylic acids is 1. The average molecular weight is 257 g/mol. The maximum atomic E-state index is 11.7. The van der Waals surface area contributed by atoms with E-state index in [4.69, 9.17) is 9.84 Å². The Hall–Kier alpha value is -1.56. The van der Waals surface area contributed by atoms with Gasteiger partial charge in [0.05, 0.1) is 12.0 Å². The molecule has 0 saturated carbocycles. The molecule has 2 N–H and O–H groups in total. The molecule has 0 bridgehead atoms. The zero-order valence-corrected chi connectivity index (χ0v) is 10.5. The van der Waals surface area contributed by atoms with Gasteiger partial charge in [0, 0.05) is 11.4 Å². The fourth-order valence-corrected chi connectivity index (χ4v) is 2.08. The number of carboxylic acids is 1. The van der Waals surface area contributed by atoms with E-state index in [-0.39, 0.29) is 5.91 Å². The van der Waals surface area contributed by atoms with Crippen molar-refractivity contribution in [1.82, 2.24) is 5.32 Å². The van der Waals surface area contributed by atoms with Crippen LogP contribution in [0.4, 0.5) is 0 Å². The van der Waals surface area contributed by atoms with Crippen molar-refractivity contribution in [2.24, 2.45) is 0 Å². The molecule has 0 saturated heterocycles. The summed E-state index contributed by atoms with van der Waals surface area (Å²) in [6, 6.07) is 0.755. The maximum Gasteiger partial charge on any atom is 0.326 e. The van der Waals surface area contributed by atoms with Crippen molar-refractivity contribution in [1.29, 1.82) is 0 Å². The highest BCUT2D eigenvalue weighted by Crippen LogP contribution is 2.21. The highest BCUT2D eigenvalue weighted by molar-refractivity contribution is 7.12. The van der Waals surface area contributed by atoms with Crippen LogP contribution in [0.2, 0.25) is 0 Å². The van der Waals surface area contributed by atoms with Crippen molar-refractivity contribution in [2.75, 3.05) is 7.11 Å². The second-order valence-electron chi connectivity index (χ2n) is 3.50. The predicted molar refractivity (Wildman–Crippen MR) is 64.7 cm³/mol. The molecule has 1 aromatic rings. The lowest BCUT2D eigenvalue weighted by molar-refractivity contribution is -0.139. The van der Waals surface area contributed by atoms with Gasteiger partial charge in [0.15, 0.2) is 0 Å². The Labute approximate surface area is 103 Å². The Morgan fingerprint density at radius 1 is 1.59 bits per heavy atom. The van der Waals surface area contributed by atoms with Crippen LogP contribution in [0.15, 0.2) is 11.4 Å². The van der Waals surface area contributed by atoms with E-state index in [0.29, 0.717) is 23.5 Å². The van der Waals surface area contributed by atoms with Gasteiger partial charge in [-0.2, -0.15) is 0 Å². The first-order valence-corrected chi connectivity index (χ1v) is 6.12. The van der Waals surface area contributed by atoms with Gasteiger partial charge in [-0.15, -0.1) is 11.3 Å². The summed E-state index contributed by atoms with van der Waals surface area (Å²) in [6.07, 6.45) is 1.12. The van der Waals surface area contributed by atoms with Crippen molar-refractivity contribution in [3.63, 3.8) is 0 Å². The molecule has 94 valence electrons. The first-order chi connectivity index (χ1) is 8.08. The summed E-state index contributed by atoms with van der Waals surface area (Å²) in [5.74, 6) is -0.787. The first kappa shape index (κ1) is 13.5. The number of hydrogen-bond donors (Lipinski definition) is 2.